The monoisotopic (exact) mass is 256 g/mol. The Bertz CT molecular complexity index is 556. The fourth-order valence-corrected chi connectivity index (χ4v) is 2.22. The molecule has 0 radical (unpaired) electrons. The van der Waals surface area contributed by atoms with Crippen LogP contribution in [-0.2, 0) is 16.1 Å². The van der Waals surface area contributed by atoms with Gasteiger partial charge < -0.3 is 4.74 Å². The molecule has 0 spiro atoms. The molecular formula is C17H20O2. The van der Waals surface area contributed by atoms with E-state index in [9.17, 15) is 4.79 Å². The molecule has 0 bridgehead atoms. The van der Waals surface area contributed by atoms with Crippen molar-refractivity contribution in [2.24, 2.45) is 5.92 Å². The van der Waals surface area contributed by atoms with E-state index >= 15 is 0 Å². The van der Waals surface area contributed by atoms with Crippen LogP contribution < -0.4 is 0 Å². The summed E-state index contributed by atoms with van der Waals surface area (Å²) < 4.78 is 5.38. The molecule has 0 atom stereocenters. The Balaban J connectivity index is 2.03. The van der Waals surface area contributed by atoms with Crippen LogP contribution in [0.15, 0.2) is 42.5 Å². The number of carbonyl (C=O) groups is 1. The van der Waals surface area contributed by atoms with Crippen molar-refractivity contribution in [3.05, 3.63) is 48.0 Å². The minimum Gasteiger partial charge on any atom is -0.461 e. The van der Waals surface area contributed by atoms with E-state index in [1.54, 1.807) is 0 Å². The second-order valence-electron chi connectivity index (χ2n) is 4.80. The van der Waals surface area contributed by atoms with Crippen molar-refractivity contribution in [2.45, 2.75) is 33.3 Å². The molecule has 0 N–H and O–H groups in total. The fourth-order valence-electron chi connectivity index (χ4n) is 2.22. The van der Waals surface area contributed by atoms with Crippen LogP contribution in [0.1, 0.15) is 32.3 Å². The average Bonchev–Trinajstić information content (AvgIpc) is 2.46. The number of rotatable bonds is 5. The molecule has 2 aromatic carbocycles. The summed E-state index contributed by atoms with van der Waals surface area (Å²) in [5.74, 6) is -0.0568. The number of benzene rings is 2. The van der Waals surface area contributed by atoms with Gasteiger partial charge >= 0.3 is 5.97 Å². The predicted molar refractivity (Wildman–Crippen MR) is 77.8 cm³/mol. The molecule has 0 saturated heterocycles. The third-order valence-corrected chi connectivity index (χ3v) is 3.51. The van der Waals surface area contributed by atoms with Gasteiger partial charge in [-0.05, 0) is 35.2 Å². The van der Waals surface area contributed by atoms with E-state index in [4.69, 9.17) is 4.74 Å². The molecule has 2 rings (SSSR count). The van der Waals surface area contributed by atoms with Gasteiger partial charge in [-0.3, -0.25) is 4.79 Å². The van der Waals surface area contributed by atoms with Crippen LogP contribution in [0.2, 0.25) is 0 Å². The summed E-state index contributed by atoms with van der Waals surface area (Å²) in [5, 5.41) is 2.39. The number of hydrogen-bond acceptors (Lipinski definition) is 2. The molecule has 0 fully saturated rings. The molecule has 0 aliphatic rings. The third-order valence-electron chi connectivity index (χ3n) is 3.51. The highest BCUT2D eigenvalue weighted by Gasteiger charge is 2.15. The molecular weight excluding hydrogens is 236 g/mol. The van der Waals surface area contributed by atoms with Gasteiger partial charge in [-0.2, -0.15) is 0 Å². The van der Waals surface area contributed by atoms with Crippen molar-refractivity contribution in [1.82, 2.24) is 0 Å². The first-order valence-electron chi connectivity index (χ1n) is 6.89. The predicted octanol–water partition coefficient (Wildman–Crippen LogP) is 4.32. The van der Waals surface area contributed by atoms with Crippen molar-refractivity contribution >= 4 is 16.7 Å². The number of fused-ring (bicyclic) bond motifs is 1. The normalized spacial score (nSPS) is 10.9. The highest BCUT2D eigenvalue weighted by Crippen LogP contribution is 2.17. The highest BCUT2D eigenvalue weighted by molar-refractivity contribution is 5.83. The smallest absolute Gasteiger partial charge is 0.309 e. The zero-order valence-corrected chi connectivity index (χ0v) is 11.6. The summed E-state index contributed by atoms with van der Waals surface area (Å²) in [7, 11) is 0. The Morgan fingerprint density at radius 3 is 2.42 bits per heavy atom. The van der Waals surface area contributed by atoms with Crippen LogP contribution in [0.3, 0.4) is 0 Å². The number of ether oxygens (including phenoxy) is 1. The zero-order valence-electron chi connectivity index (χ0n) is 11.6. The van der Waals surface area contributed by atoms with Crippen molar-refractivity contribution in [3.8, 4) is 0 Å². The number of esters is 1. The van der Waals surface area contributed by atoms with Gasteiger partial charge in [-0.1, -0.05) is 50.2 Å². The van der Waals surface area contributed by atoms with Crippen molar-refractivity contribution < 1.29 is 9.53 Å². The van der Waals surface area contributed by atoms with Crippen LogP contribution in [0, 0.1) is 5.92 Å². The van der Waals surface area contributed by atoms with E-state index in [2.05, 4.69) is 24.3 Å². The topological polar surface area (TPSA) is 26.3 Å². The minimum absolute atomic E-state index is 0.0282. The average molecular weight is 256 g/mol. The van der Waals surface area contributed by atoms with E-state index in [0.29, 0.717) is 6.61 Å². The van der Waals surface area contributed by atoms with Gasteiger partial charge in [0.1, 0.15) is 6.61 Å². The van der Waals surface area contributed by atoms with Gasteiger partial charge in [0.25, 0.3) is 0 Å². The van der Waals surface area contributed by atoms with E-state index in [-0.39, 0.29) is 11.9 Å². The summed E-state index contributed by atoms with van der Waals surface area (Å²) in [6.45, 7) is 4.40. The van der Waals surface area contributed by atoms with Gasteiger partial charge in [0.2, 0.25) is 0 Å². The molecule has 0 amide bonds. The van der Waals surface area contributed by atoms with Gasteiger partial charge in [-0.25, -0.2) is 0 Å². The molecule has 2 aromatic rings. The summed E-state index contributed by atoms with van der Waals surface area (Å²) in [6.07, 6.45) is 1.68. The lowest BCUT2D eigenvalue weighted by Crippen LogP contribution is -2.16. The minimum atomic E-state index is -0.0850. The van der Waals surface area contributed by atoms with Crippen molar-refractivity contribution in [2.75, 3.05) is 0 Å². The van der Waals surface area contributed by atoms with Gasteiger partial charge in [-0.15, -0.1) is 0 Å². The summed E-state index contributed by atoms with van der Waals surface area (Å²) >= 11 is 0. The second-order valence-corrected chi connectivity index (χ2v) is 4.80. The van der Waals surface area contributed by atoms with E-state index in [1.165, 1.54) is 10.8 Å². The summed E-state index contributed by atoms with van der Waals surface area (Å²) in [4.78, 5) is 11.8. The Labute approximate surface area is 114 Å². The fraction of sp³-hybridized carbons (Fsp3) is 0.353. The highest BCUT2D eigenvalue weighted by atomic mass is 16.5. The number of carbonyl (C=O) groups excluding carboxylic acids is 1. The summed E-state index contributed by atoms with van der Waals surface area (Å²) in [6, 6.07) is 14.3. The van der Waals surface area contributed by atoms with Gasteiger partial charge in [0.05, 0.1) is 5.92 Å². The maximum absolute atomic E-state index is 11.8. The molecule has 0 unspecified atom stereocenters. The van der Waals surface area contributed by atoms with Crippen LogP contribution in [0.4, 0.5) is 0 Å². The van der Waals surface area contributed by atoms with Crippen LogP contribution in [0.25, 0.3) is 10.8 Å². The first-order valence-corrected chi connectivity index (χ1v) is 6.89. The van der Waals surface area contributed by atoms with E-state index < -0.39 is 0 Å². The lowest BCUT2D eigenvalue weighted by Gasteiger charge is -2.12. The second kappa shape index (κ2) is 6.37. The molecule has 19 heavy (non-hydrogen) atoms. The summed E-state index contributed by atoms with van der Waals surface area (Å²) in [5.41, 5.74) is 1.04. The number of hydrogen-bond donors (Lipinski definition) is 0. The maximum Gasteiger partial charge on any atom is 0.309 e. The maximum atomic E-state index is 11.8. The van der Waals surface area contributed by atoms with Crippen LogP contribution >= 0.6 is 0 Å². The van der Waals surface area contributed by atoms with Crippen LogP contribution in [-0.4, -0.2) is 5.97 Å². The van der Waals surface area contributed by atoms with E-state index in [1.807, 2.05) is 32.0 Å². The lowest BCUT2D eigenvalue weighted by molar-refractivity contribution is -0.150. The molecule has 0 aliphatic heterocycles. The van der Waals surface area contributed by atoms with Crippen LogP contribution in [0.5, 0.6) is 0 Å². The Morgan fingerprint density at radius 1 is 1.05 bits per heavy atom. The first kappa shape index (κ1) is 13.6. The lowest BCUT2D eigenvalue weighted by atomic mass is 10.0. The Morgan fingerprint density at radius 2 is 1.74 bits per heavy atom. The molecule has 2 heteroatoms. The molecule has 2 nitrogen and oxygen atoms in total. The third kappa shape index (κ3) is 3.34. The molecule has 0 aromatic heterocycles. The largest absolute Gasteiger partial charge is 0.461 e. The van der Waals surface area contributed by atoms with Crippen molar-refractivity contribution in [1.29, 1.82) is 0 Å². The van der Waals surface area contributed by atoms with E-state index in [0.717, 1.165) is 18.4 Å². The first-order chi connectivity index (χ1) is 9.24. The molecule has 100 valence electrons. The quantitative estimate of drug-likeness (QED) is 0.745. The zero-order chi connectivity index (χ0) is 13.7. The van der Waals surface area contributed by atoms with Gasteiger partial charge in [0.15, 0.2) is 0 Å². The SMILES string of the molecule is CCC(CC)C(=O)OCc1ccc2ccccc2c1. The standard InChI is InChI=1S/C17H20O2/c1-3-14(4-2)17(18)19-12-13-9-10-15-7-5-6-8-16(15)11-13/h5-11,14H,3-4,12H2,1-2H3. The van der Waals surface area contributed by atoms with Crippen molar-refractivity contribution in [3.63, 3.8) is 0 Å². The molecule has 0 aliphatic carbocycles. The van der Waals surface area contributed by atoms with Gasteiger partial charge in [0, 0.05) is 0 Å². The molecule has 0 saturated carbocycles. The Hall–Kier alpha value is -1.83. The Kier molecular flexibility index (Phi) is 4.56. The molecule has 0 heterocycles.